The van der Waals surface area contributed by atoms with Crippen LogP contribution in [0.15, 0.2) is 36.4 Å². The lowest BCUT2D eigenvalue weighted by Crippen LogP contribution is -2.64. The number of halogens is 4. The fourth-order valence-corrected chi connectivity index (χ4v) is 5.58. The number of nitrogens with zero attached hydrogens (tertiary/aromatic N) is 1. The Kier molecular flexibility index (Phi) is 8.26. The molecular weight excluding hydrogens is 453 g/mol. The minimum atomic E-state index is -0.559. The second kappa shape index (κ2) is 9.84. The predicted octanol–water partition coefficient (Wildman–Crippen LogP) is 5.91. The van der Waals surface area contributed by atoms with Gasteiger partial charge in [-0.25, -0.2) is 8.78 Å². The first-order valence-electron chi connectivity index (χ1n) is 10.8. The second-order valence-corrected chi connectivity index (χ2v) is 9.71. The molecule has 178 valence electrons. The second-order valence-electron chi connectivity index (χ2n) is 9.71. The van der Waals surface area contributed by atoms with Crippen molar-refractivity contribution in [2.24, 2.45) is 5.41 Å². The Morgan fingerprint density at radius 1 is 1.09 bits per heavy atom. The van der Waals surface area contributed by atoms with Crippen LogP contribution in [0, 0.1) is 17.0 Å². The number of fused-ring (bicyclic) bond motifs is 4. The molecule has 32 heavy (non-hydrogen) atoms. The normalized spacial score (nSPS) is 24.6. The van der Waals surface area contributed by atoms with Gasteiger partial charge in [-0.15, -0.1) is 24.8 Å². The van der Waals surface area contributed by atoms with Crippen LogP contribution in [0.5, 0.6) is 0 Å². The Balaban J connectivity index is 0.00000181. The first-order valence-corrected chi connectivity index (χ1v) is 10.8. The summed E-state index contributed by atoms with van der Waals surface area (Å²) < 4.78 is 33.7. The van der Waals surface area contributed by atoms with Crippen LogP contribution < -0.4 is 5.73 Å². The predicted molar refractivity (Wildman–Crippen MR) is 131 cm³/mol. The van der Waals surface area contributed by atoms with Crippen molar-refractivity contribution in [3.05, 3.63) is 64.7 Å². The Morgan fingerprint density at radius 2 is 1.72 bits per heavy atom. The molecule has 3 unspecified atom stereocenters. The molecule has 2 aromatic rings. The van der Waals surface area contributed by atoms with Crippen molar-refractivity contribution >= 4 is 30.5 Å². The molecule has 1 fully saturated rings. The summed E-state index contributed by atoms with van der Waals surface area (Å²) in [5.41, 5.74) is 10.0. The Hall–Kier alpha value is -1.40. The van der Waals surface area contributed by atoms with Gasteiger partial charge in [0.05, 0.1) is 12.7 Å². The zero-order valence-corrected chi connectivity index (χ0v) is 20.8. The van der Waals surface area contributed by atoms with Gasteiger partial charge in [0.2, 0.25) is 0 Å². The number of piperidine rings is 1. The van der Waals surface area contributed by atoms with Crippen LogP contribution in [0.2, 0.25) is 0 Å². The summed E-state index contributed by atoms with van der Waals surface area (Å²) in [6, 6.07) is 10.6. The van der Waals surface area contributed by atoms with Gasteiger partial charge in [0, 0.05) is 29.3 Å². The van der Waals surface area contributed by atoms with E-state index in [4.69, 9.17) is 10.5 Å². The van der Waals surface area contributed by atoms with Gasteiger partial charge in [-0.05, 0) is 61.1 Å². The fourth-order valence-electron chi connectivity index (χ4n) is 5.58. The summed E-state index contributed by atoms with van der Waals surface area (Å²) in [5, 5.41) is 0. The van der Waals surface area contributed by atoms with Gasteiger partial charge >= 0.3 is 0 Å². The van der Waals surface area contributed by atoms with Crippen LogP contribution in [-0.4, -0.2) is 30.1 Å². The van der Waals surface area contributed by atoms with E-state index in [0.29, 0.717) is 6.04 Å². The van der Waals surface area contributed by atoms with E-state index in [2.05, 4.69) is 37.8 Å². The van der Waals surface area contributed by atoms with E-state index in [0.717, 1.165) is 31.6 Å². The summed E-state index contributed by atoms with van der Waals surface area (Å²) >= 11 is 0. The Bertz CT molecular complexity index is 935. The highest BCUT2D eigenvalue weighted by atomic mass is 35.5. The molecular formula is C25H34Cl2F2N2O. The number of likely N-dealkylation sites (tertiary alicyclic amines) is 1. The van der Waals surface area contributed by atoms with Crippen LogP contribution in [0.25, 0.3) is 0 Å². The number of anilines is 1. The number of hydrogen-bond acceptors (Lipinski definition) is 3. The quantitative estimate of drug-likeness (QED) is 0.533. The minimum absolute atomic E-state index is 0. The van der Waals surface area contributed by atoms with E-state index < -0.39 is 11.6 Å². The number of benzene rings is 2. The van der Waals surface area contributed by atoms with Crippen LogP contribution in [-0.2, 0) is 23.2 Å². The van der Waals surface area contributed by atoms with Crippen molar-refractivity contribution in [1.29, 1.82) is 0 Å². The highest BCUT2D eigenvalue weighted by molar-refractivity contribution is 5.85. The van der Waals surface area contributed by atoms with Crippen molar-refractivity contribution in [2.45, 2.75) is 64.7 Å². The van der Waals surface area contributed by atoms with E-state index in [1.54, 1.807) is 0 Å². The number of ether oxygens (including phenoxy) is 1. The lowest BCUT2D eigenvalue weighted by molar-refractivity contribution is -0.0651. The van der Waals surface area contributed by atoms with Crippen molar-refractivity contribution in [3.63, 3.8) is 0 Å². The van der Waals surface area contributed by atoms with Crippen LogP contribution in [0.1, 0.15) is 50.8 Å². The molecule has 1 heterocycles. The highest BCUT2D eigenvalue weighted by Gasteiger charge is 2.56. The largest absolute Gasteiger partial charge is 0.398 e. The molecule has 0 saturated carbocycles. The van der Waals surface area contributed by atoms with E-state index in [9.17, 15) is 8.78 Å². The summed E-state index contributed by atoms with van der Waals surface area (Å²) in [5.74, 6) is -1.12. The minimum Gasteiger partial charge on any atom is -0.398 e. The summed E-state index contributed by atoms with van der Waals surface area (Å²) in [6.45, 7) is 10.7. The average molecular weight is 487 g/mol. The van der Waals surface area contributed by atoms with E-state index in [-0.39, 0.29) is 53.9 Å². The molecule has 4 rings (SSSR count). The molecule has 0 aromatic heterocycles. The molecule has 2 bridgehead atoms. The van der Waals surface area contributed by atoms with Crippen molar-refractivity contribution in [2.75, 3.05) is 18.8 Å². The third kappa shape index (κ3) is 4.37. The van der Waals surface area contributed by atoms with Gasteiger partial charge in [-0.2, -0.15) is 0 Å². The monoisotopic (exact) mass is 486 g/mol. The average Bonchev–Trinajstić information content (AvgIpc) is 2.67. The molecule has 3 nitrogen and oxygen atoms in total. The maximum absolute atomic E-state index is 13.9. The number of rotatable bonds is 5. The molecule has 0 amide bonds. The topological polar surface area (TPSA) is 38.5 Å². The van der Waals surface area contributed by atoms with Crippen LogP contribution in [0.3, 0.4) is 0 Å². The first kappa shape index (κ1) is 26.8. The molecule has 1 aliphatic heterocycles. The molecule has 2 aliphatic rings. The van der Waals surface area contributed by atoms with Crippen LogP contribution >= 0.6 is 24.8 Å². The van der Waals surface area contributed by atoms with Crippen molar-refractivity contribution < 1.29 is 13.5 Å². The highest BCUT2D eigenvalue weighted by Crippen LogP contribution is 2.56. The molecule has 7 heteroatoms. The zero-order valence-electron chi connectivity index (χ0n) is 19.2. The van der Waals surface area contributed by atoms with Gasteiger partial charge in [-0.3, -0.25) is 4.90 Å². The molecule has 2 N–H and O–H groups in total. The lowest BCUT2D eigenvalue weighted by Gasteiger charge is -2.61. The first-order chi connectivity index (χ1) is 14.1. The van der Waals surface area contributed by atoms with Crippen LogP contribution in [0.4, 0.5) is 14.5 Å². The lowest BCUT2D eigenvalue weighted by atomic mass is 9.51. The summed E-state index contributed by atoms with van der Waals surface area (Å²) in [6.07, 6.45) is 1.82. The van der Waals surface area contributed by atoms with E-state index in [1.165, 1.54) is 29.3 Å². The SMILES string of the molecule is CC(CN1CCC2(C)c3cccc(N)c3CC1C2(C)C)OCc1c(F)cccc1F.Cl.Cl. The summed E-state index contributed by atoms with van der Waals surface area (Å²) in [7, 11) is 0. The standard InChI is InChI=1S/C25H32F2N2O.2ClH/c1-16(30-15-18-20(26)8-6-9-21(18)27)14-29-12-11-25(4)19-7-5-10-22(28)17(19)13-23(29)24(25,2)3;;/h5-10,16,23H,11-15,28H2,1-4H3;2*1H. The number of nitrogens with two attached hydrogens (primary N) is 1. The molecule has 2 aromatic carbocycles. The van der Waals surface area contributed by atoms with E-state index in [1.807, 2.05) is 13.0 Å². The third-order valence-corrected chi connectivity index (χ3v) is 7.86. The van der Waals surface area contributed by atoms with Gasteiger partial charge in [0.1, 0.15) is 11.6 Å². The van der Waals surface area contributed by atoms with Gasteiger partial charge < -0.3 is 10.5 Å². The van der Waals surface area contributed by atoms with Crippen molar-refractivity contribution in [1.82, 2.24) is 4.90 Å². The maximum atomic E-state index is 13.9. The third-order valence-electron chi connectivity index (χ3n) is 7.86. The maximum Gasteiger partial charge on any atom is 0.131 e. The molecule has 1 aliphatic carbocycles. The van der Waals surface area contributed by atoms with E-state index >= 15 is 0 Å². The summed E-state index contributed by atoms with van der Waals surface area (Å²) in [4.78, 5) is 2.49. The van der Waals surface area contributed by atoms with Gasteiger partial charge in [0.15, 0.2) is 0 Å². The van der Waals surface area contributed by atoms with Gasteiger partial charge in [0.25, 0.3) is 0 Å². The molecule has 3 atom stereocenters. The number of nitrogen functional groups attached to an aromatic ring is 1. The zero-order chi connectivity index (χ0) is 21.7. The molecule has 0 radical (unpaired) electrons. The Morgan fingerprint density at radius 3 is 2.38 bits per heavy atom. The smallest absolute Gasteiger partial charge is 0.131 e. The fraction of sp³-hybridized carbons (Fsp3) is 0.520. The van der Waals surface area contributed by atoms with Gasteiger partial charge in [-0.1, -0.05) is 39.0 Å². The molecule has 0 spiro atoms. The van der Waals surface area contributed by atoms with Crippen molar-refractivity contribution in [3.8, 4) is 0 Å². The molecule has 1 saturated heterocycles. The number of hydrogen-bond donors (Lipinski definition) is 1. The Labute approximate surface area is 202 Å².